The molecular weight excluding hydrogens is 296 g/mol. The van der Waals surface area contributed by atoms with Gasteiger partial charge in [-0.25, -0.2) is 13.8 Å². The molecule has 1 atom stereocenters. The van der Waals surface area contributed by atoms with Gasteiger partial charge in [0.15, 0.2) is 0 Å². The fourth-order valence-electron chi connectivity index (χ4n) is 1.59. The van der Waals surface area contributed by atoms with Crippen LogP contribution in [0, 0.1) is 0 Å². The molecule has 0 spiro atoms. The molecule has 0 radical (unpaired) electrons. The molecule has 116 valence electrons. The van der Waals surface area contributed by atoms with Gasteiger partial charge in [0.25, 0.3) is 0 Å². The highest BCUT2D eigenvalue weighted by molar-refractivity contribution is 7.09. The van der Waals surface area contributed by atoms with E-state index in [0.29, 0.717) is 11.4 Å². The SMILES string of the molecule is CCCC(N)Cc1csc(COCC(F)(F)C(F)F)n1. The molecule has 0 saturated carbocycles. The van der Waals surface area contributed by atoms with Gasteiger partial charge in [-0.3, -0.25) is 0 Å². The Labute approximate surface area is 119 Å². The minimum absolute atomic E-state index is 0.0130. The zero-order valence-electron chi connectivity index (χ0n) is 11.1. The first-order valence-corrected chi connectivity index (χ1v) is 7.15. The average molecular weight is 314 g/mol. The molecule has 0 amide bonds. The number of ether oxygens (including phenoxy) is 1. The summed E-state index contributed by atoms with van der Waals surface area (Å²) in [5.74, 6) is -4.12. The van der Waals surface area contributed by atoms with E-state index in [1.807, 2.05) is 6.92 Å². The molecular formula is C12H18F4N2OS. The largest absolute Gasteiger partial charge is 0.368 e. The van der Waals surface area contributed by atoms with Crippen LogP contribution < -0.4 is 5.73 Å². The summed E-state index contributed by atoms with van der Waals surface area (Å²) < 4.78 is 53.6. The molecule has 1 aromatic rings. The summed E-state index contributed by atoms with van der Waals surface area (Å²) in [6, 6.07) is 0.0130. The fourth-order valence-corrected chi connectivity index (χ4v) is 2.33. The van der Waals surface area contributed by atoms with E-state index in [4.69, 9.17) is 5.73 Å². The van der Waals surface area contributed by atoms with E-state index in [9.17, 15) is 17.6 Å². The minimum atomic E-state index is -4.12. The van der Waals surface area contributed by atoms with Crippen molar-refractivity contribution in [1.82, 2.24) is 4.98 Å². The van der Waals surface area contributed by atoms with E-state index >= 15 is 0 Å². The molecule has 1 heterocycles. The molecule has 0 fully saturated rings. The Kier molecular flexibility index (Phi) is 6.84. The van der Waals surface area contributed by atoms with Gasteiger partial charge in [0.2, 0.25) is 0 Å². The Morgan fingerprint density at radius 1 is 1.45 bits per heavy atom. The predicted octanol–water partition coefficient (Wildman–Crippen LogP) is 3.23. The second-order valence-electron chi connectivity index (χ2n) is 4.54. The van der Waals surface area contributed by atoms with Gasteiger partial charge in [-0.05, 0) is 6.42 Å². The number of hydrogen-bond acceptors (Lipinski definition) is 4. The summed E-state index contributed by atoms with van der Waals surface area (Å²) >= 11 is 1.24. The fraction of sp³-hybridized carbons (Fsp3) is 0.750. The number of nitrogens with zero attached hydrogens (tertiary/aromatic N) is 1. The van der Waals surface area contributed by atoms with Crippen LogP contribution in [0.4, 0.5) is 17.6 Å². The highest BCUT2D eigenvalue weighted by atomic mass is 32.1. The third-order valence-electron chi connectivity index (χ3n) is 2.57. The van der Waals surface area contributed by atoms with Crippen LogP contribution in [0.3, 0.4) is 0 Å². The Hall–Kier alpha value is -0.730. The van der Waals surface area contributed by atoms with Gasteiger partial charge in [-0.2, -0.15) is 8.78 Å². The van der Waals surface area contributed by atoms with Crippen LogP contribution in [0.25, 0.3) is 0 Å². The molecule has 8 heteroatoms. The monoisotopic (exact) mass is 314 g/mol. The number of aromatic nitrogens is 1. The Morgan fingerprint density at radius 2 is 2.15 bits per heavy atom. The number of thiazole rings is 1. The lowest BCUT2D eigenvalue weighted by molar-refractivity contribution is -0.168. The number of alkyl halides is 4. The van der Waals surface area contributed by atoms with Crippen molar-refractivity contribution in [2.24, 2.45) is 5.73 Å². The molecule has 0 aliphatic carbocycles. The third-order valence-corrected chi connectivity index (χ3v) is 3.44. The van der Waals surface area contributed by atoms with Crippen molar-refractivity contribution in [2.45, 2.75) is 51.2 Å². The maximum atomic E-state index is 12.6. The molecule has 0 aliphatic rings. The first-order valence-electron chi connectivity index (χ1n) is 6.27. The summed E-state index contributed by atoms with van der Waals surface area (Å²) in [6.45, 7) is 0.522. The van der Waals surface area contributed by atoms with E-state index in [-0.39, 0.29) is 12.6 Å². The lowest BCUT2D eigenvalue weighted by Gasteiger charge is -2.14. The Balaban J connectivity index is 2.37. The second-order valence-corrected chi connectivity index (χ2v) is 5.48. The van der Waals surface area contributed by atoms with Crippen molar-refractivity contribution in [3.05, 3.63) is 16.1 Å². The van der Waals surface area contributed by atoms with Gasteiger partial charge in [0, 0.05) is 17.8 Å². The van der Waals surface area contributed by atoms with Crippen LogP contribution >= 0.6 is 11.3 Å². The minimum Gasteiger partial charge on any atom is -0.368 e. The zero-order valence-corrected chi connectivity index (χ0v) is 11.9. The quantitative estimate of drug-likeness (QED) is 0.712. The summed E-state index contributed by atoms with van der Waals surface area (Å²) in [5, 5.41) is 2.26. The summed E-state index contributed by atoms with van der Waals surface area (Å²) in [6.07, 6.45) is -1.26. The number of rotatable bonds is 9. The van der Waals surface area contributed by atoms with Crippen LogP contribution in [0.2, 0.25) is 0 Å². The topological polar surface area (TPSA) is 48.1 Å². The molecule has 2 N–H and O–H groups in total. The van der Waals surface area contributed by atoms with Crippen molar-refractivity contribution in [3.63, 3.8) is 0 Å². The van der Waals surface area contributed by atoms with Gasteiger partial charge in [0.05, 0.1) is 12.3 Å². The van der Waals surface area contributed by atoms with Crippen molar-refractivity contribution in [2.75, 3.05) is 6.61 Å². The number of nitrogens with two attached hydrogens (primary N) is 1. The van der Waals surface area contributed by atoms with E-state index in [1.54, 1.807) is 5.38 Å². The Bertz CT molecular complexity index is 401. The van der Waals surface area contributed by atoms with Crippen LogP contribution in [-0.2, 0) is 17.8 Å². The van der Waals surface area contributed by atoms with E-state index in [0.717, 1.165) is 18.5 Å². The molecule has 0 saturated heterocycles. The molecule has 1 aromatic heterocycles. The molecule has 0 bridgehead atoms. The van der Waals surface area contributed by atoms with Crippen LogP contribution in [0.1, 0.15) is 30.5 Å². The molecule has 3 nitrogen and oxygen atoms in total. The molecule has 1 rings (SSSR count). The maximum Gasteiger partial charge on any atom is 0.330 e. The van der Waals surface area contributed by atoms with Gasteiger partial charge in [-0.15, -0.1) is 11.3 Å². The first-order chi connectivity index (χ1) is 9.35. The molecule has 0 aromatic carbocycles. The molecule has 20 heavy (non-hydrogen) atoms. The predicted molar refractivity (Wildman–Crippen MR) is 69.3 cm³/mol. The van der Waals surface area contributed by atoms with Crippen LogP contribution in [0.5, 0.6) is 0 Å². The average Bonchev–Trinajstić information content (AvgIpc) is 2.76. The van der Waals surface area contributed by atoms with Crippen LogP contribution in [-0.4, -0.2) is 30.0 Å². The first kappa shape index (κ1) is 17.3. The van der Waals surface area contributed by atoms with Gasteiger partial charge in [0.1, 0.15) is 11.6 Å². The van der Waals surface area contributed by atoms with Crippen molar-refractivity contribution >= 4 is 11.3 Å². The second kappa shape index (κ2) is 7.90. The van der Waals surface area contributed by atoms with E-state index < -0.39 is 19.0 Å². The van der Waals surface area contributed by atoms with Gasteiger partial charge < -0.3 is 10.5 Å². The van der Waals surface area contributed by atoms with Crippen molar-refractivity contribution in [3.8, 4) is 0 Å². The zero-order chi connectivity index (χ0) is 15.2. The summed E-state index contributed by atoms with van der Waals surface area (Å²) in [7, 11) is 0. The highest BCUT2D eigenvalue weighted by Crippen LogP contribution is 2.23. The molecule has 1 unspecified atom stereocenters. The normalized spacial score (nSPS) is 13.9. The van der Waals surface area contributed by atoms with E-state index in [2.05, 4.69) is 9.72 Å². The van der Waals surface area contributed by atoms with E-state index in [1.165, 1.54) is 11.3 Å². The lowest BCUT2D eigenvalue weighted by atomic mass is 10.1. The standard InChI is InChI=1S/C12H18F4N2OS/c1-2-3-8(17)4-9-6-20-10(18-9)5-19-7-12(15,16)11(13)14/h6,8,11H,2-5,7,17H2,1H3. The Morgan fingerprint density at radius 3 is 2.75 bits per heavy atom. The highest BCUT2D eigenvalue weighted by Gasteiger charge is 2.40. The van der Waals surface area contributed by atoms with Gasteiger partial charge >= 0.3 is 12.3 Å². The number of hydrogen-bond donors (Lipinski definition) is 1. The number of halogens is 4. The lowest BCUT2D eigenvalue weighted by Crippen LogP contribution is -2.32. The van der Waals surface area contributed by atoms with Crippen molar-refractivity contribution < 1.29 is 22.3 Å². The maximum absolute atomic E-state index is 12.6. The van der Waals surface area contributed by atoms with Gasteiger partial charge in [-0.1, -0.05) is 13.3 Å². The molecule has 0 aliphatic heterocycles. The van der Waals surface area contributed by atoms with Crippen LogP contribution in [0.15, 0.2) is 5.38 Å². The smallest absolute Gasteiger partial charge is 0.330 e. The summed E-state index contributed by atoms with van der Waals surface area (Å²) in [5.41, 5.74) is 6.64. The van der Waals surface area contributed by atoms with Crippen molar-refractivity contribution in [1.29, 1.82) is 0 Å². The summed E-state index contributed by atoms with van der Waals surface area (Å²) in [4.78, 5) is 4.18. The third kappa shape index (κ3) is 5.72.